The van der Waals surface area contributed by atoms with Crippen molar-refractivity contribution in [1.29, 1.82) is 0 Å². The summed E-state index contributed by atoms with van der Waals surface area (Å²) in [6.45, 7) is 22.5. The number of ether oxygens (including phenoxy) is 4. The fourth-order valence-corrected chi connectivity index (χ4v) is 9.40. The normalized spacial score (nSPS) is 13.0. The fraction of sp³-hybridized carbons (Fsp3) is 0.948. The van der Waals surface area contributed by atoms with Gasteiger partial charge in [0.1, 0.15) is 12.7 Å². The molecule has 0 rings (SSSR count). The first-order chi connectivity index (χ1) is 32.8. The van der Waals surface area contributed by atoms with Crippen molar-refractivity contribution < 1.29 is 33.3 Å². The van der Waals surface area contributed by atoms with Crippen molar-refractivity contribution in [2.45, 2.75) is 286 Å². The first-order valence-corrected chi connectivity index (χ1v) is 29.4. The lowest BCUT2D eigenvalue weighted by atomic mass is 9.91. The molecule has 2 unspecified atom stereocenters. The van der Waals surface area contributed by atoms with Crippen LogP contribution in [0, 0.1) is 11.8 Å². The number of likely N-dealkylation sites (N-methyl/N-ethyl adjacent to an activating group) is 2. The van der Waals surface area contributed by atoms with Crippen LogP contribution in [0.2, 0.25) is 0 Å². The number of nitrogens with zero attached hydrogens (tertiary/aromatic N) is 2. The Labute approximate surface area is 416 Å². The Balaban J connectivity index is 4.90. The highest BCUT2D eigenvalue weighted by Crippen LogP contribution is 2.25. The molecule has 0 radical (unpaired) electrons. The second kappa shape index (κ2) is 50.5. The summed E-state index contributed by atoms with van der Waals surface area (Å²) in [5.41, 5.74) is 0. The van der Waals surface area contributed by atoms with E-state index in [0.29, 0.717) is 51.0 Å². The van der Waals surface area contributed by atoms with Crippen molar-refractivity contribution >= 4 is 18.1 Å². The summed E-state index contributed by atoms with van der Waals surface area (Å²) in [6, 6.07) is 0. The van der Waals surface area contributed by atoms with Gasteiger partial charge in [0, 0.05) is 32.5 Å². The Morgan fingerprint density at radius 3 is 1.06 bits per heavy atom. The average molecular weight is 952 g/mol. The van der Waals surface area contributed by atoms with E-state index < -0.39 is 6.16 Å². The number of hydrogen-bond acceptors (Lipinski definition) is 9. The van der Waals surface area contributed by atoms with Gasteiger partial charge in [-0.2, -0.15) is 0 Å². The monoisotopic (exact) mass is 951 g/mol. The van der Waals surface area contributed by atoms with Crippen molar-refractivity contribution in [1.82, 2.24) is 9.80 Å². The minimum atomic E-state index is -0.566. The molecule has 0 aliphatic heterocycles. The lowest BCUT2D eigenvalue weighted by molar-refractivity contribution is -0.146. The maximum Gasteiger partial charge on any atom is 0.508 e. The fourth-order valence-electron chi connectivity index (χ4n) is 9.40. The molecule has 0 saturated carbocycles. The molecule has 0 amide bonds. The maximum absolute atomic E-state index is 12.9. The average Bonchev–Trinajstić information content (AvgIpc) is 3.32. The minimum absolute atomic E-state index is 0.0248. The lowest BCUT2D eigenvalue weighted by Crippen LogP contribution is -2.37. The second-order valence-corrected chi connectivity index (χ2v) is 20.1. The summed E-state index contributed by atoms with van der Waals surface area (Å²) >= 11 is 0. The molecule has 0 aromatic heterocycles. The Morgan fingerprint density at radius 2 is 0.672 bits per heavy atom. The molecule has 0 fully saturated rings. The van der Waals surface area contributed by atoms with E-state index in [0.717, 1.165) is 123 Å². The predicted octanol–water partition coefficient (Wildman–Crippen LogP) is 16.6. The van der Waals surface area contributed by atoms with Gasteiger partial charge in [-0.05, 0) is 95.7 Å². The minimum Gasteiger partial charge on any atom is -0.466 e. The second-order valence-electron chi connectivity index (χ2n) is 20.1. The first-order valence-electron chi connectivity index (χ1n) is 29.4. The number of esters is 2. The van der Waals surface area contributed by atoms with Crippen molar-refractivity contribution in [3.05, 3.63) is 0 Å². The zero-order chi connectivity index (χ0) is 49.3. The van der Waals surface area contributed by atoms with Gasteiger partial charge in [0.2, 0.25) is 0 Å². The highest BCUT2D eigenvalue weighted by Gasteiger charge is 2.19. The van der Waals surface area contributed by atoms with Crippen molar-refractivity contribution in [2.24, 2.45) is 11.8 Å². The van der Waals surface area contributed by atoms with Crippen LogP contribution in [0.15, 0.2) is 0 Å². The van der Waals surface area contributed by atoms with Crippen LogP contribution >= 0.6 is 0 Å². The van der Waals surface area contributed by atoms with E-state index >= 15 is 0 Å². The smallest absolute Gasteiger partial charge is 0.466 e. The summed E-state index contributed by atoms with van der Waals surface area (Å²) < 4.78 is 23.1. The molecule has 9 nitrogen and oxygen atoms in total. The van der Waals surface area contributed by atoms with Crippen molar-refractivity contribution in [2.75, 3.05) is 59.1 Å². The van der Waals surface area contributed by atoms with Gasteiger partial charge >= 0.3 is 18.1 Å². The van der Waals surface area contributed by atoms with Gasteiger partial charge in [-0.15, -0.1) is 0 Å². The van der Waals surface area contributed by atoms with E-state index in [1.54, 1.807) is 0 Å². The third kappa shape index (κ3) is 43.9. The summed E-state index contributed by atoms with van der Waals surface area (Å²) in [5, 5.41) is 0. The number of carbonyl (C=O) groups excluding carboxylic acids is 3. The summed E-state index contributed by atoms with van der Waals surface area (Å²) in [7, 11) is 0. The topological polar surface area (TPSA) is 94.6 Å². The third-order valence-electron chi connectivity index (χ3n) is 14.1. The summed E-state index contributed by atoms with van der Waals surface area (Å²) in [5.74, 6) is 0.852. The first kappa shape index (κ1) is 65.1. The molecule has 2 atom stereocenters. The molecule has 67 heavy (non-hydrogen) atoms. The van der Waals surface area contributed by atoms with Crippen LogP contribution in [0.5, 0.6) is 0 Å². The van der Waals surface area contributed by atoms with E-state index in [4.69, 9.17) is 18.9 Å². The molecule has 0 aliphatic carbocycles. The maximum atomic E-state index is 12.9. The molecule has 0 N–H and O–H groups in total. The predicted molar refractivity (Wildman–Crippen MR) is 284 cm³/mol. The number of unbranched alkanes of at least 4 members (excludes halogenated alkanes) is 22. The Bertz CT molecular complexity index is 1010. The molecule has 9 heteroatoms. The molecule has 398 valence electrons. The molecule has 0 saturated heterocycles. The number of carbonyl (C=O) groups is 3. The van der Waals surface area contributed by atoms with Gasteiger partial charge in [-0.3, -0.25) is 14.5 Å². The third-order valence-corrected chi connectivity index (χ3v) is 14.1. The molecule has 0 heterocycles. The van der Waals surface area contributed by atoms with Crippen LogP contribution in [-0.4, -0.2) is 93.1 Å². The molecular formula is C58H114N2O7. The van der Waals surface area contributed by atoms with Crippen LogP contribution < -0.4 is 0 Å². The lowest BCUT2D eigenvalue weighted by Gasteiger charge is -2.25. The van der Waals surface area contributed by atoms with E-state index in [9.17, 15) is 14.4 Å². The highest BCUT2D eigenvalue weighted by molar-refractivity contribution is 5.70. The Kier molecular flexibility index (Phi) is 49.1. The SMILES string of the molecule is CCCCCCCCC(CCCCCC)CC(=O)OCCCCCCC(CCCCCCOC(=O)CC(CCCCCC)CCCCCCCC)OC(=O)OCCN(CC)CCN(CC)CC. The number of rotatable bonds is 52. The standard InChI is InChI=1S/C58H114N2O7/c1-8-15-19-23-25-33-41-53(39-31-21-17-10-3)51-56(61)64-48-37-29-27-35-43-55(67-58(63)66-50-47-60(14-7)46-45-59(12-5)13-6)44-36-28-30-38-49-65-57(62)52-54(40-32-22-18-11-4)42-34-26-24-20-16-9-2/h53-55H,8-52H2,1-7H3. The summed E-state index contributed by atoms with van der Waals surface area (Å²) in [6.07, 6.45) is 39.6. The van der Waals surface area contributed by atoms with Gasteiger partial charge in [0.15, 0.2) is 0 Å². The molecule has 0 aromatic rings. The molecule has 0 bridgehead atoms. The Hall–Kier alpha value is -1.87. The van der Waals surface area contributed by atoms with E-state index in [-0.39, 0.29) is 18.0 Å². The van der Waals surface area contributed by atoms with Gasteiger partial charge in [-0.25, -0.2) is 4.79 Å². The van der Waals surface area contributed by atoms with Gasteiger partial charge < -0.3 is 23.8 Å². The van der Waals surface area contributed by atoms with E-state index in [2.05, 4.69) is 58.3 Å². The van der Waals surface area contributed by atoms with Gasteiger partial charge in [-0.1, -0.05) is 203 Å². The number of hydrogen-bond donors (Lipinski definition) is 0. The van der Waals surface area contributed by atoms with Gasteiger partial charge in [0.05, 0.1) is 13.2 Å². The van der Waals surface area contributed by atoms with Crippen LogP contribution in [-0.2, 0) is 28.5 Å². The quantitative estimate of drug-likeness (QED) is 0.0336. The van der Waals surface area contributed by atoms with Crippen molar-refractivity contribution in [3.63, 3.8) is 0 Å². The van der Waals surface area contributed by atoms with E-state index in [1.807, 2.05) is 0 Å². The molecule has 0 aromatic carbocycles. The van der Waals surface area contributed by atoms with Crippen LogP contribution in [0.3, 0.4) is 0 Å². The van der Waals surface area contributed by atoms with Crippen molar-refractivity contribution in [3.8, 4) is 0 Å². The van der Waals surface area contributed by atoms with Crippen LogP contribution in [0.1, 0.15) is 280 Å². The Morgan fingerprint density at radius 1 is 0.343 bits per heavy atom. The summed E-state index contributed by atoms with van der Waals surface area (Å²) in [4.78, 5) is 43.4. The van der Waals surface area contributed by atoms with Crippen LogP contribution in [0.25, 0.3) is 0 Å². The molecule has 0 spiro atoms. The zero-order valence-corrected chi connectivity index (χ0v) is 45.8. The largest absolute Gasteiger partial charge is 0.508 e. The highest BCUT2D eigenvalue weighted by atomic mass is 16.7. The molecular weight excluding hydrogens is 837 g/mol. The van der Waals surface area contributed by atoms with Gasteiger partial charge in [0.25, 0.3) is 0 Å². The molecule has 0 aliphatic rings. The van der Waals surface area contributed by atoms with E-state index in [1.165, 1.54) is 128 Å². The zero-order valence-electron chi connectivity index (χ0n) is 45.8. The van der Waals surface area contributed by atoms with Crippen LogP contribution in [0.4, 0.5) is 4.79 Å².